The zero-order valence-corrected chi connectivity index (χ0v) is 6.00. The number of rotatable bonds is 1. The first-order valence-corrected chi connectivity index (χ1v) is 3.03. The van der Waals surface area contributed by atoms with E-state index in [1.807, 2.05) is 0 Å². The summed E-state index contributed by atoms with van der Waals surface area (Å²) in [5, 5.41) is 8.80. The van der Waals surface area contributed by atoms with Gasteiger partial charge in [0.2, 0.25) is 0 Å². The summed E-state index contributed by atoms with van der Waals surface area (Å²) in [6.45, 7) is 0. The number of esters is 1. The quantitative estimate of drug-likeness (QED) is 0.608. The molecule has 57 valence electrons. The third kappa shape index (κ3) is 1.70. The largest absolute Gasteiger partial charge is 0.507 e. The van der Waals surface area contributed by atoms with Crippen LogP contribution >= 0.6 is 0 Å². The molecular formula is C8H7O3. The third-order valence-electron chi connectivity index (χ3n) is 1.22. The molecule has 11 heavy (non-hydrogen) atoms. The molecule has 0 bridgehead atoms. The highest BCUT2D eigenvalue weighted by molar-refractivity contribution is 5.89. The number of methoxy groups -OCH3 is 1. The predicted octanol–water partition coefficient (Wildman–Crippen LogP) is 0.979. The summed E-state index contributed by atoms with van der Waals surface area (Å²) in [5.41, 5.74) is 0.380. The van der Waals surface area contributed by atoms with E-state index < -0.39 is 5.97 Å². The number of benzene rings is 1. The molecule has 0 aliphatic carbocycles. The highest BCUT2D eigenvalue weighted by Crippen LogP contribution is 2.08. The fraction of sp³-hybridized carbons (Fsp3) is 0.125. The van der Waals surface area contributed by atoms with Crippen LogP contribution in [0.15, 0.2) is 18.2 Å². The lowest BCUT2D eigenvalue weighted by atomic mass is 10.2. The minimum atomic E-state index is -0.429. The number of carbonyl (C=O) groups excluding carboxylic acids is 1. The van der Waals surface area contributed by atoms with E-state index in [-0.39, 0.29) is 5.75 Å². The Bertz CT molecular complexity index is 251. The molecule has 1 N–H and O–H groups in total. The lowest BCUT2D eigenvalue weighted by Gasteiger charge is -1.96. The Morgan fingerprint density at radius 1 is 1.64 bits per heavy atom. The molecule has 0 unspecified atom stereocenters. The van der Waals surface area contributed by atoms with Crippen molar-refractivity contribution in [2.24, 2.45) is 0 Å². The number of carbonyl (C=O) groups is 1. The van der Waals surface area contributed by atoms with Gasteiger partial charge >= 0.3 is 5.97 Å². The van der Waals surface area contributed by atoms with Crippen LogP contribution in [0.1, 0.15) is 10.4 Å². The summed E-state index contributed by atoms with van der Waals surface area (Å²) in [6, 6.07) is 6.70. The SMILES string of the molecule is COC(=O)c1c[c]c(O)cc1. The van der Waals surface area contributed by atoms with Gasteiger partial charge in [-0.3, -0.25) is 0 Å². The van der Waals surface area contributed by atoms with Crippen molar-refractivity contribution < 1.29 is 14.6 Å². The van der Waals surface area contributed by atoms with Crippen molar-refractivity contribution in [1.82, 2.24) is 0 Å². The van der Waals surface area contributed by atoms with Crippen molar-refractivity contribution in [2.45, 2.75) is 0 Å². The minimum Gasteiger partial charge on any atom is -0.507 e. The van der Waals surface area contributed by atoms with Gasteiger partial charge in [0, 0.05) is 6.07 Å². The predicted molar refractivity (Wildman–Crippen MR) is 38.3 cm³/mol. The van der Waals surface area contributed by atoms with Crippen LogP contribution in [0.3, 0.4) is 0 Å². The van der Waals surface area contributed by atoms with E-state index in [0.717, 1.165) is 0 Å². The van der Waals surface area contributed by atoms with Gasteiger partial charge in [-0.2, -0.15) is 0 Å². The molecule has 0 saturated carbocycles. The molecule has 0 aliphatic rings. The van der Waals surface area contributed by atoms with E-state index >= 15 is 0 Å². The highest BCUT2D eigenvalue weighted by Gasteiger charge is 2.02. The van der Waals surface area contributed by atoms with Crippen LogP contribution in [0.5, 0.6) is 5.75 Å². The third-order valence-corrected chi connectivity index (χ3v) is 1.22. The molecule has 3 heteroatoms. The topological polar surface area (TPSA) is 46.5 Å². The first kappa shape index (κ1) is 7.60. The zero-order valence-electron chi connectivity index (χ0n) is 6.00. The van der Waals surface area contributed by atoms with Gasteiger partial charge in [-0.25, -0.2) is 4.79 Å². The normalized spacial score (nSPS) is 9.18. The van der Waals surface area contributed by atoms with Gasteiger partial charge in [-0.15, -0.1) is 0 Å². The van der Waals surface area contributed by atoms with Crippen LogP contribution in [0.25, 0.3) is 0 Å². The molecule has 0 heterocycles. The van der Waals surface area contributed by atoms with Crippen molar-refractivity contribution >= 4 is 5.97 Å². The van der Waals surface area contributed by atoms with Crippen molar-refractivity contribution in [3.63, 3.8) is 0 Å². The Kier molecular flexibility index (Phi) is 2.11. The van der Waals surface area contributed by atoms with Crippen LogP contribution in [-0.4, -0.2) is 18.2 Å². The van der Waals surface area contributed by atoms with Crippen LogP contribution in [0.4, 0.5) is 0 Å². The van der Waals surface area contributed by atoms with Gasteiger partial charge < -0.3 is 9.84 Å². The number of aromatic hydroxyl groups is 1. The van der Waals surface area contributed by atoms with E-state index in [0.29, 0.717) is 5.56 Å². The molecule has 1 rings (SSSR count). The molecule has 0 fully saturated rings. The van der Waals surface area contributed by atoms with Gasteiger partial charge in [0.05, 0.1) is 12.7 Å². The first-order chi connectivity index (χ1) is 5.24. The van der Waals surface area contributed by atoms with E-state index in [4.69, 9.17) is 5.11 Å². The molecule has 0 atom stereocenters. The second kappa shape index (κ2) is 3.05. The summed E-state index contributed by atoms with van der Waals surface area (Å²) < 4.78 is 4.44. The summed E-state index contributed by atoms with van der Waals surface area (Å²) >= 11 is 0. The fourth-order valence-electron chi connectivity index (χ4n) is 0.661. The Morgan fingerprint density at radius 3 is 2.82 bits per heavy atom. The van der Waals surface area contributed by atoms with Crippen LogP contribution < -0.4 is 0 Å². The molecule has 0 saturated heterocycles. The molecule has 0 aromatic heterocycles. The highest BCUT2D eigenvalue weighted by atomic mass is 16.5. The molecule has 3 nitrogen and oxygen atoms in total. The number of hydrogen-bond acceptors (Lipinski definition) is 3. The summed E-state index contributed by atoms with van der Waals surface area (Å²) in [5.74, 6) is -0.418. The molecule has 1 radical (unpaired) electrons. The number of ether oxygens (including phenoxy) is 1. The maximum Gasteiger partial charge on any atom is 0.337 e. The standard InChI is InChI=1S/C8H7O3/c1-11-8(10)6-2-4-7(9)5-3-6/h2-4,9H,1H3. The van der Waals surface area contributed by atoms with Crippen LogP contribution in [0, 0.1) is 6.07 Å². The number of phenolic OH excluding ortho intramolecular Hbond substituents is 1. The van der Waals surface area contributed by atoms with Gasteiger partial charge in [0.15, 0.2) is 0 Å². The van der Waals surface area contributed by atoms with Gasteiger partial charge in [0.1, 0.15) is 5.75 Å². The maximum absolute atomic E-state index is 10.8. The van der Waals surface area contributed by atoms with E-state index in [1.165, 1.54) is 25.3 Å². The lowest BCUT2D eigenvalue weighted by Crippen LogP contribution is -1.99. The van der Waals surface area contributed by atoms with Crippen molar-refractivity contribution in [2.75, 3.05) is 7.11 Å². The second-order valence-electron chi connectivity index (χ2n) is 1.95. The van der Waals surface area contributed by atoms with Crippen LogP contribution in [0.2, 0.25) is 0 Å². The summed E-state index contributed by atoms with van der Waals surface area (Å²) in [4.78, 5) is 10.8. The van der Waals surface area contributed by atoms with Crippen LogP contribution in [-0.2, 0) is 4.74 Å². The lowest BCUT2D eigenvalue weighted by molar-refractivity contribution is 0.0600. The van der Waals surface area contributed by atoms with Gasteiger partial charge in [-0.05, 0) is 18.2 Å². The fourth-order valence-corrected chi connectivity index (χ4v) is 0.661. The average molecular weight is 151 g/mol. The Balaban J connectivity index is 2.90. The monoisotopic (exact) mass is 151 g/mol. The smallest absolute Gasteiger partial charge is 0.337 e. The summed E-state index contributed by atoms with van der Waals surface area (Å²) in [6.07, 6.45) is 0. The minimum absolute atomic E-state index is 0.0117. The van der Waals surface area contributed by atoms with Gasteiger partial charge in [-0.1, -0.05) is 0 Å². The molecule has 0 spiro atoms. The first-order valence-electron chi connectivity index (χ1n) is 3.03. The van der Waals surface area contributed by atoms with E-state index in [2.05, 4.69) is 10.8 Å². The average Bonchev–Trinajstić information content (AvgIpc) is 2.05. The second-order valence-corrected chi connectivity index (χ2v) is 1.95. The van der Waals surface area contributed by atoms with Gasteiger partial charge in [0.25, 0.3) is 0 Å². The number of phenols is 1. The Hall–Kier alpha value is -1.51. The molecular weight excluding hydrogens is 144 g/mol. The van der Waals surface area contributed by atoms with Crippen molar-refractivity contribution in [1.29, 1.82) is 0 Å². The van der Waals surface area contributed by atoms with Crippen molar-refractivity contribution in [3.05, 3.63) is 29.8 Å². The number of hydrogen-bond donors (Lipinski definition) is 1. The Labute approximate surface area is 64.2 Å². The molecule has 0 aliphatic heterocycles. The Morgan fingerprint density at radius 2 is 2.36 bits per heavy atom. The zero-order chi connectivity index (χ0) is 8.27. The maximum atomic E-state index is 10.8. The summed E-state index contributed by atoms with van der Waals surface area (Å²) in [7, 11) is 1.30. The van der Waals surface area contributed by atoms with E-state index in [9.17, 15) is 4.79 Å². The van der Waals surface area contributed by atoms with Crippen molar-refractivity contribution in [3.8, 4) is 5.75 Å². The molecule has 1 aromatic rings. The molecule has 0 amide bonds. The van der Waals surface area contributed by atoms with E-state index in [1.54, 1.807) is 0 Å². The molecule has 1 aromatic carbocycles.